The summed E-state index contributed by atoms with van der Waals surface area (Å²) >= 11 is 5.99. The number of aromatic nitrogens is 2. The number of aryl methyl sites for hydroxylation is 2. The lowest BCUT2D eigenvalue weighted by atomic mass is 9.95. The van der Waals surface area contributed by atoms with E-state index < -0.39 is 17.9 Å². The van der Waals surface area contributed by atoms with Gasteiger partial charge in [0.25, 0.3) is 5.91 Å². The van der Waals surface area contributed by atoms with Crippen molar-refractivity contribution in [2.75, 3.05) is 12.4 Å². The lowest BCUT2D eigenvalue weighted by Gasteiger charge is -2.18. The van der Waals surface area contributed by atoms with Gasteiger partial charge in [0.1, 0.15) is 6.04 Å². The maximum Gasteiger partial charge on any atom is 0.328 e. The number of nitrogens with one attached hydrogen (secondary N) is 3. The Hall–Kier alpha value is -4.14. The first kappa shape index (κ1) is 27.9. The van der Waals surface area contributed by atoms with Crippen LogP contribution in [0.3, 0.4) is 0 Å². The summed E-state index contributed by atoms with van der Waals surface area (Å²) in [5.74, 6) is -0.968. The molecule has 4 aromatic rings. The second kappa shape index (κ2) is 12.6. The second-order valence-electron chi connectivity index (χ2n) is 9.31. The third-order valence-corrected chi connectivity index (χ3v) is 6.78. The van der Waals surface area contributed by atoms with Gasteiger partial charge in [0, 0.05) is 28.4 Å². The number of nitrogens with zero attached hydrogens (tertiary/aromatic N) is 1. The van der Waals surface area contributed by atoms with Gasteiger partial charge in [-0.3, -0.25) is 4.79 Å². The number of H-pyrrole nitrogens is 1. The second-order valence-corrected chi connectivity index (χ2v) is 9.75. The Morgan fingerprint density at radius 3 is 2.46 bits per heavy atom. The van der Waals surface area contributed by atoms with E-state index in [1.807, 2.05) is 38.1 Å². The summed E-state index contributed by atoms with van der Waals surface area (Å²) in [6.07, 6.45) is 1.88. The van der Waals surface area contributed by atoms with Crippen molar-refractivity contribution in [1.29, 1.82) is 0 Å². The van der Waals surface area contributed by atoms with E-state index in [1.165, 1.54) is 7.11 Å². The van der Waals surface area contributed by atoms with Crippen LogP contribution in [0.4, 0.5) is 5.69 Å². The number of hydrogen-bond acceptors (Lipinski definition) is 6. The monoisotopic (exact) mass is 546 g/mol. The SMILES string of the molecule is COC(=O)[C@@H](Cc1ccc(Cl)cc1)NC(=O)c1cc(NCc2nc[nH]c2C)cc(-c2cc(CO)ccc2C)c1. The predicted octanol–water partition coefficient (Wildman–Crippen LogP) is 4.97. The molecule has 9 heteroatoms. The van der Waals surface area contributed by atoms with Crippen LogP contribution < -0.4 is 10.6 Å². The maximum absolute atomic E-state index is 13.5. The number of halogens is 1. The zero-order chi connectivity index (χ0) is 27.9. The van der Waals surface area contributed by atoms with Gasteiger partial charge in [0.2, 0.25) is 0 Å². The van der Waals surface area contributed by atoms with Gasteiger partial charge in [-0.15, -0.1) is 0 Å². The van der Waals surface area contributed by atoms with Crippen LogP contribution in [0.2, 0.25) is 5.02 Å². The van der Waals surface area contributed by atoms with Gasteiger partial charge in [-0.05, 0) is 78.1 Å². The van der Waals surface area contributed by atoms with Gasteiger partial charge in [0.05, 0.1) is 32.3 Å². The lowest BCUT2D eigenvalue weighted by molar-refractivity contribution is -0.142. The van der Waals surface area contributed by atoms with E-state index in [0.29, 0.717) is 22.8 Å². The molecule has 0 aliphatic heterocycles. The van der Waals surface area contributed by atoms with Gasteiger partial charge >= 0.3 is 5.97 Å². The molecule has 0 fully saturated rings. The minimum absolute atomic E-state index is 0.0947. The van der Waals surface area contributed by atoms with Crippen LogP contribution in [-0.4, -0.2) is 40.1 Å². The highest BCUT2D eigenvalue weighted by Gasteiger charge is 2.23. The van der Waals surface area contributed by atoms with E-state index in [9.17, 15) is 14.7 Å². The van der Waals surface area contributed by atoms with Crippen LogP contribution in [0.15, 0.2) is 67.0 Å². The van der Waals surface area contributed by atoms with E-state index in [0.717, 1.165) is 39.2 Å². The minimum Gasteiger partial charge on any atom is -0.467 e. The number of imidazole rings is 1. The lowest BCUT2D eigenvalue weighted by Crippen LogP contribution is -2.43. The van der Waals surface area contributed by atoms with Gasteiger partial charge in [-0.25, -0.2) is 9.78 Å². The molecule has 0 aliphatic rings. The van der Waals surface area contributed by atoms with Crippen molar-refractivity contribution in [2.45, 2.75) is 39.5 Å². The van der Waals surface area contributed by atoms with Crippen LogP contribution in [0.5, 0.6) is 0 Å². The highest BCUT2D eigenvalue weighted by atomic mass is 35.5. The van der Waals surface area contributed by atoms with Crippen molar-refractivity contribution in [3.63, 3.8) is 0 Å². The molecule has 1 atom stereocenters. The van der Waals surface area contributed by atoms with Crippen molar-refractivity contribution in [2.24, 2.45) is 0 Å². The van der Waals surface area contributed by atoms with Gasteiger partial charge in [-0.1, -0.05) is 35.9 Å². The summed E-state index contributed by atoms with van der Waals surface area (Å²) in [6, 6.07) is 17.4. The normalized spacial score (nSPS) is 11.6. The number of benzene rings is 3. The van der Waals surface area contributed by atoms with Crippen LogP contribution in [0.25, 0.3) is 11.1 Å². The number of esters is 1. The summed E-state index contributed by atoms with van der Waals surface area (Å²) in [5.41, 5.74) is 7.16. The Morgan fingerprint density at radius 1 is 1.05 bits per heavy atom. The first-order chi connectivity index (χ1) is 18.8. The number of rotatable bonds is 10. The van der Waals surface area contributed by atoms with Crippen LogP contribution in [-0.2, 0) is 29.1 Å². The van der Waals surface area contributed by atoms with Crippen molar-refractivity contribution in [3.05, 3.63) is 106 Å². The van der Waals surface area contributed by atoms with E-state index in [2.05, 4.69) is 20.6 Å². The minimum atomic E-state index is -0.894. The molecule has 4 N–H and O–H groups in total. The van der Waals surface area contributed by atoms with Gasteiger partial charge in [0.15, 0.2) is 0 Å². The average Bonchev–Trinajstić information content (AvgIpc) is 3.36. The van der Waals surface area contributed by atoms with E-state index in [4.69, 9.17) is 16.3 Å². The molecular weight excluding hydrogens is 516 g/mol. The first-order valence-corrected chi connectivity index (χ1v) is 12.9. The number of aromatic amines is 1. The molecule has 202 valence electrons. The molecule has 0 saturated heterocycles. The summed E-state index contributed by atoms with van der Waals surface area (Å²) in [7, 11) is 1.29. The number of amides is 1. The fourth-order valence-electron chi connectivity index (χ4n) is 4.28. The number of anilines is 1. The number of carbonyl (C=O) groups is 2. The zero-order valence-electron chi connectivity index (χ0n) is 22.0. The highest BCUT2D eigenvalue weighted by molar-refractivity contribution is 6.30. The van der Waals surface area contributed by atoms with Gasteiger partial charge < -0.3 is 25.5 Å². The molecule has 1 aromatic heterocycles. The van der Waals surface area contributed by atoms with Gasteiger partial charge in [-0.2, -0.15) is 0 Å². The summed E-state index contributed by atoms with van der Waals surface area (Å²) in [4.78, 5) is 33.5. The molecule has 0 bridgehead atoms. The molecule has 3 aromatic carbocycles. The number of hydrogen-bond donors (Lipinski definition) is 4. The van der Waals surface area contributed by atoms with Crippen molar-refractivity contribution in [1.82, 2.24) is 15.3 Å². The molecule has 1 heterocycles. The third-order valence-electron chi connectivity index (χ3n) is 6.53. The molecule has 4 rings (SSSR count). The summed E-state index contributed by atoms with van der Waals surface area (Å²) < 4.78 is 4.97. The smallest absolute Gasteiger partial charge is 0.328 e. The molecule has 8 nitrogen and oxygen atoms in total. The van der Waals surface area contributed by atoms with Crippen molar-refractivity contribution < 1.29 is 19.4 Å². The average molecular weight is 547 g/mol. The largest absolute Gasteiger partial charge is 0.467 e. The predicted molar refractivity (Wildman–Crippen MR) is 152 cm³/mol. The molecule has 0 saturated carbocycles. The quantitative estimate of drug-likeness (QED) is 0.209. The number of carbonyl (C=O) groups excluding carboxylic acids is 2. The summed E-state index contributed by atoms with van der Waals surface area (Å²) in [6.45, 7) is 4.28. The Balaban J connectivity index is 1.67. The van der Waals surface area contributed by atoms with E-state index >= 15 is 0 Å². The van der Waals surface area contributed by atoms with Crippen LogP contribution >= 0.6 is 11.6 Å². The fraction of sp³-hybridized carbons (Fsp3) is 0.233. The van der Waals surface area contributed by atoms with E-state index in [1.54, 1.807) is 42.7 Å². The molecule has 39 heavy (non-hydrogen) atoms. The fourth-order valence-corrected chi connectivity index (χ4v) is 4.41. The Labute approximate surface area is 232 Å². The van der Waals surface area contributed by atoms with Crippen molar-refractivity contribution >= 4 is 29.2 Å². The molecule has 0 aliphatic carbocycles. The molecule has 0 spiro atoms. The van der Waals surface area contributed by atoms with E-state index in [-0.39, 0.29) is 13.0 Å². The topological polar surface area (TPSA) is 116 Å². The maximum atomic E-state index is 13.5. The standard InChI is InChI=1S/C30H31ClN4O4/c1-18-4-5-21(16-36)10-26(18)22-12-23(14-25(13-22)32-15-28-19(2)33-17-34-28)29(37)35-27(30(38)39-3)11-20-6-8-24(31)9-7-20/h4-10,12-14,17,27,32,36H,11,15-16H2,1-3H3,(H,33,34)(H,35,37)/t27-/m1/s1. The third kappa shape index (κ3) is 7.04. The number of methoxy groups -OCH3 is 1. The molecule has 0 radical (unpaired) electrons. The highest BCUT2D eigenvalue weighted by Crippen LogP contribution is 2.29. The Bertz CT molecular complexity index is 1470. The Kier molecular flexibility index (Phi) is 9.01. The molecule has 0 unspecified atom stereocenters. The molecule has 1 amide bonds. The van der Waals surface area contributed by atoms with Crippen LogP contribution in [0.1, 0.15) is 38.4 Å². The van der Waals surface area contributed by atoms with Crippen LogP contribution in [0, 0.1) is 13.8 Å². The van der Waals surface area contributed by atoms with Crippen molar-refractivity contribution in [3.8, 4) is 11.1 Å². The number of aliphatic hydroxyl groups excluding tert-OH is 1. The Morgan fingerprint density at radius 2 is 1.79 bits per heavy atom. The molecular formula is C30H31ClN4O4. The first-order valence-electron chi connectivity index (χ1n) is 12.5. The summed E-state index contributed by atoms with van der Waals surface area (Å²) in [5, 5.41) is 16.5. The number of ether oxygens (including phenoxy) is 1. The number of aliphatic hydroxyl groups is 1. The zero-order valence-corrected chi connectivity index (χ0v) is 22.8.